The van der Waals surface area contributed by atoms with Crippen molar-refractivity contribution in [3.63, 3.8) is 0 Å². The van der Waals surface area contributed by atoms with E-state index < -0.39 is 6.04 Å². The number of carbonyl (C=O) groups excluding carboxylic acids is 1. The number of benzene rings is 1. The molecule has 0 bridgehead atoms. The quantitative estimate of drug-likeness (QED) is 0.424. The Morgan fingerprint density at radius 2 is 1.93 bits per heavy atom. The molecule has 1 aromatic rings. The Morgan fingerprint density at radius 3 is 2.40 bits per heavy atom. The zero-order valence-electron chi connectivity index (χ0n) is 9.32. The van der Waals surface area contributed by atoms with E-state index in [0.717, 1.165) is 16.1 Å². The molecular formula is C11H17N3O. The third kappa shape index (κ3) is 2.55. The second-order valence-corrected chi connectivity index (χ2v) is 3.77. The van der Waals surface area contributed by atoms with E-state index >= 15 is 0 Å². The molecule has 0 saturated heterocycles. The number of hydrogen-bond acceptors (Lipinski definition) is 3. The van der Waals surface area contributed by atoms with E-state index in [4.69, 9.17) is 11.6 Å². The third-order valence-corrected chi connectivity index (χ3v) is 2.50. The third-order valence-electron chi connectivity index (χ3n) is 2.50. The van der Waals surface area contributed by atoms with Gasteiger partial charge in [-0.2, -0.15) is 0 Å². The summed E-state index contributed by atoms with van der Waals surface area (Å²) in [5.74, 6) is 5.05. The van der Waals surface area contributed by atoms with Gasteiger partial charge in [-0.15, -0.1) is 0 Å². The van der Waals surface area contributed by atoms with Gasteiger partial charge in [0.1, 0.15) is 6.04 Å². The molecule has 1 unspecified atom stereocenters. The van der Waals surface area contributed by atoms with Crippen molar-refractivity contribution in [3.05, 3.63) is 34.9 Å². The molecule has 0 aromatic heterocycles. The lowest BCUT2D eigenvalue weighted by Gasteiger charge is -2.17. The van der Waals surface area contributed by atoms with Gasteiger partial charge in [0, 0.05) is 7.05 Å². The summed E-state index contributed by atoms with van der Waals surface area (Å²) in [5.41, 5.74) is 8.88. The number of carbonyl (C=O) groups is 1. The second-order valence-electron chi connectivity index (χ2n) is 3.77. The molecule has 4 N–H and O–H groups in total. The van der Waals surface area contributed by atoms with Crippen LogP contribution in [0.5, 0.6) is 0 Å². The van der Waals surface area contributed by atoms with Gasteiger partial charge in [0.15, 0.2) is 0 Å². The van der Waals surface area contributed by atoms with Crippen LogP contribution in [0.3, 0.4) is 0 Å². The van der Waals surface area contributed by atoms with E-state index in [0.29, 0.717) is 0 Å². The maximum absolute atomic E-state index is 11.5. The summed E-state index contributed by atoms with van der Waals surface area (Å²) in [7, 11) is 1.49. The Labute approximate surface area is 89.8 Å². The lowest BCUT2D eigenvalue weighted by atomic mass is 10.0. The molecule has 1 amide bonds. The molecule has 4 heteroatoms. The lowest BCUT2D eigenvalue weighted by Crippen LogP contribution is -2.40. The molecule has 15 heavy (non-hydrogen) atoms. The standard InChI is InChI=1S/C11H17N3O/c1-7-4-5-9(6-8(7)2)10(12)11(15)14(3)13/h4-6,10H,12-13H2,1-3H3. The smallest absolute Gasteiger partial charge is 0.257 e. The summed E-state index contributed by atoms with van der Waals surface area (Å²) in [6.07, 6.45) is 0. The van der Waals surface area contributed by atoms with Crippen LogP contribution in [-0.4, -0.2) is 18.0 Å². The number of hydrazine groups is 1. The van der Waals surface area contributed by atoms with Gasteiger partial charge in [-0.05, 0) is 30.5 Å². The zero-order valence-corrected chi connectivity index (χ0v) is 9.32. The van der Waals surface area contributed by atoms with E-state index in [1.807, 2.05) is 32.0 Å². The van der Waals surface area contributed by atoms with Crippen LogP contribution >= 0.6 is 0 Å². The molecule has 1 rings (SSSR count). The highest BCUT2D eigenvalue weighted by Crippen LogP contribution is 2.16. The maximum Gasteiger partial charge on any atom is 0.257 e. The van der Waals surface area contributed by atoms with Crippen LogP contribution in [0.4, 0.5) is 0 Å². The Morgan fingerprint density at radius 1 is 1.33 bits per heavy atom. The van der Waals surface area contributed by atoms with Gasteiger partial charge in [0.25, 0.3) is 5.91 Å². The van der Waals surface area contributed by atoms with Crippen LogP contribution in [-0.2, 0) is 4.79 Å². The first-order valence-corrected chi connectivity index (χ1v) is 4.78. The SMILES string of the molecule is Cc1ccc(C(N)C(=O)N(C)N)cc1C. The van der Waals surface area contributed by atoms with E-state index in [1.54, 1.807) is 0 Å². The normalized spacial score (nSPS) is 12.3. The molecule has 0 spiro atoms. The molecule has 0 aliphatic heterocycles. The number of hydrogen-bond donors (Lipinski definition) is 2. The fourth-order valence-electron chi connectivity index (χ4n) is 1.32. The highest BCUT2D eigenvalue weighted by atomic mass is 16.2. The Balaban J connectivity index is 2.97. The van der Waals surface area contributed by atoms with Crippen LogP contribution < -0.4 is 11.6 Å². The zero-order chi connectivity index (χ0) is 11.6. The highest BCUT2D eigenvalue weighted by molar-refractivity contribution is 5.82. The fraction of sp³-hybridized carbons (Fsp3) is 0.364. The van der Waals surface area contributed by atoms with E-state index in [9.17, 15) is 4.79 Å². The predicted octanol–water partition coefficient (Wildman–Crippen LogP) is 0.635. The van der Waals surface area contributed by atoms with Crippen molar-refractivity contribution in [2.75, 3.05) is 7.05 Å². The van der Waals surface area contributed by atoms with Crippen LogP contribution in [0.15, 0.2) is 18.2 Å². The monoisotopic (exact) mass is 207 g/mol. The van der Waals surface area contributed by atoms with Gasteiger partial charge in [0.05, 0.1) is 0 Å². The molecule has 0 aliphatic rings. The first-order valence-electron chi connectivity index (χ1n) is 4.78. The molecule has 0 fully saturated rings. The minimum absolute atomic E-state index is 0.293. The highest BCUT2D eigenvalue weighted by Gasteiger charge is 2.18. The summed E-state index contributed by atoms with van der Waals surface area (Å²) in [4.78, 5) is 11.5. The van der Waals surface area contributed by atoms with Gasteiger partial charge in [-0.3, -0.25) is 9.80 Å². The predicted molar refractivity (Wildman–Crippen MR) is 59.8 cm³/mol. The van der Waals surface area contributed by atoms with Gasteiger partial charge in [0.2, 0.25) is 0 Å². The Bertz CT molecular complexity index is 374. The number of aryl methyl sites for hydroxylation is 2. The maximum atomic E-state index is 11.5. The van der Waals surface area contributed by atoms with E-state index in [2.05, 4.69) is 0 Å². The Kier molecular flexibility index (Phi) is 3.44. The van der Waals surface area contributed by atoms with Crippen molar-refractivity contribution in [1.29, 1.82) is 0 Å². The van der Waals surface area contributed by atoms with Crippen molar-refractivity contribution < 1.29 is 4.79 Å². The van der Waals surface area contributed by atoms with E-state index in [1.165, 1.54) is 12.6 Å². The first kappa shape index (κ1) is 11.7. The summed E-state index contributed by atoms with van der Waals surface area (Å²) in [5, 5.41) is 1.01. The van der Waals surface area contributed by atoms with Gasteiger partial charge in [-0.25, -0.2) is 5.84 Å². The average Bonchev–Trinajstić information content (AvgIpc) is 2.19. The fourth-order valence-corrected chi connectivity index (χ4v) is 1.32. The number of amides is 1. The molecule has 82 valence electrons. The van der Waals surface area contributed by atoms with Crippen molar-refractivity contribution in [2.24, 2.45) is 11.6 Å². The minimum Gasteiger partial charge on any atom is -0.316 e. The van der Waals surface area contributed by atoms with Crippen LogP contribution in [0.1, 0.15) is 22.7 Å². The molecule has 0 heterocycles. The van der Waals surface area contributed by atoms with Crippen molar-refractivity contribution in [3.8, 4) is 0 Å². The molecule has 0 saturated carbocycles. The van der Waals surface area contributed by atoms with Crippen LogP contribution in [0.25, 0.3) is 0 Å². The topological polar surface area (TPSA) is 72.4 Å². The summed E-state index contributed by atoms with van der Waals surface area (Å²) in [6.45, 7) is 4.00. The summed E-state index contributed by atoms with van der Waals surface area (Å²) >= 11 is 0. The van der Waals surface area contributed by atoms with Gasteiger partial charge in [-0.1, -0.05) is 18.2 Å². The van der Waals surface area contributed by atoms with Gasteiger partial charge < -0.3 is 5.73 Å². The Hall–Kier alpha value is -1.39. The van der Waals surface area contributed by atoms with Crippen LogP contribution in [0, 0.1) is 13.8 Å². The van der Waals surface area contributed by atoms with Crippen LogP contribution in [0.2, 0.25) is 0 Å². The van der Waals surface area contributed by atoms with Gasteiger partial charge >= 0.3 is 0 Å². The number of rotatable bonds is 2. The number of likely N-dealkylation sites (N-methyl/N-ethyl adjacent to an activating group) is 1. The van der Waals surface area contributed by atoms with Crippen molar-refractivity contribution in [1.82, 2.24) is 5.01 Å². The average molecular weight is 207 g/mol. The van der Waals surface area contributed by atoms with Crippen molar-refractivity contribution >= 4 is 5.91 Å². The molecule has 0 radical (unpaired) electrons. The second kappa shape index (κ2) is 4.42. The molecule has 4 nitrogen and oxygen atoms in total. The summed E-state index contributed by atoms with van der Waals surface area (Å²) < 4.78 is 0. The van der Waals surface area contributed by atoms with E-state index in [-0.39, 0.29) is 5.91 Å². The number of nitrogens with two attached hydrogens (primary N) is 2. The largest absolute Gasteiger partial charge is 0.316 e. The lowest BCUT2D eigenvalue weighted by molar-refractivity contribution is -0.131. The molecule has 0 aliphatic carbocycles. The molecule has 1 atom stereocenters. The molecule has 1 aromatic carbocycles. The van der Waals surface area contributed by atoms with Crippen molar-refractivity contribution in [2.45, 2.75) is 19.9 Å². The first-order chi connectivity index (χ1) is 6.93. The number of nitrogens with zero attached hydrogens (tertiary/aromatic N) is 1. The molecular weight excluding hydrogens is 190 g/mol. The minimum atomic E-state index is -0.681. The summed E-state index contributed by atoms with van der Waals surface area (Å²) in [6, 6.07) is 5.05.